The molecule has 0 amide bonds. The Morgan fingerprint density at radius 2 is 1.94 bits per heavy atom. The Balaban J connectivity index is 2.77. The second-order valence-electron chi connectivity index (χ2n) is 5.41. The van der Waals surface area contributed by atoms with Crippen molar-refractivity contribution in [2.24, 2.45) is 5.73 Å². The Hall–Kier alpha value is -0.860. The minimum absolute atomic E-state index is 0.268. The van der Waals surface area contributed by atoms with Gasteiger partial charge in [0.15, 0.2) is 0 Å². The van der Waals surface area contributed by atoms with Crippen molar-refractivity contribution >= 4 is 0 Å². The van der Waals surface area contributed by atoms with Crippen LogP contribution in [-0.4, -0.2) is 12.7 Å². The summed E-state index contributed by atoms with van der Waals surface area (Å²) in [7, 11) is 0. The molecule has 0 bridgehead atoms. The number of aryl methyl sites for hydroxylation is 2. The molecular formula is C15H25NO. The van der Waals surface area contributed by atoms with Crippen molar-refractivity contribution in [2.75, 3.05) is 6.61 Å². The molecule has 1 atom stereocenters. The number of nitrogens with two attached hydrogens (primary N) is 1. The van der Waals surface area contributed by atoms with Crippen LogP contribution < -0.4 is 5.73 Å². The zero-order valence-electron chi connectivity index (χ0n) is 11.7. The first-order valence-corrected chi connectivity index (χ1v) is 6.31. The van der Waals surface area contributed by atoms with Gasteiger partial charge < -0.3 is 10.5 Å². The molecule has 0 saturated carbocycles. The molecule has 2 nitrogen and oxygen atoms in total. The van der Waals surface area contributed by atoms with Crippen LogP contribution in [0.1, 0.15) is 43.9 Å². The Kier molecular flexibility index (Phi) is 4.72. The van der Waals surface area contributed by atoms with E-state index >= 15 is 0 Å². The number of benzene rings is 1. The van der Waals surface area contributed by atoms with Crippen molar-refractivity contribution in [1.29, 1.82) is 0 Å². The molecule has 2 heteroatoms. The third-order valence-electron chi connectivity index (χ3n) is 3.08. The van der Waals surface area contributed by atoms with Crippen LogP contribution in [-0.2, 0) is 10.3 Å². The van der Waals surface area contributed by atoms with Gasteiger partial charge in [0.1, 0.15) is 0 Å². The molecular weight excluding hydrogens is 210 g/mol. The Morgan fingerprint density at radius 3 is 2.53 bits per heavy atom. The monoisotopic (exact) mass is 235 g/mol. The molecule has 96 valence electrons. The highest BCUT2D eigenvalue weighted by molar-refractivity contribution is 5.35. The van der Waals surface area contributed by atoms with Gasteiger partial charge in [0.05, 0.1) is 6.10 Å². The summed E-state index contributed by atoms with van der Waals surface area (Å²) < 4.78 is 5.59. The molecule has 0 fully saturated rings. The van der Waals surface area contributed by atoms with Gasteiger partial charge >= 0.3 is 0 Å². The summed E-state index contributed by atoms with van der Waals surface area (Å²) in [5, 5.41) is 0. The van der Waals surface area contributed by atoms with Gasteiger partial charge in [0, 0.05) is 12.1 Å². The smallest absolute Gasteiger partial charge is 0.0518 e. The zero-order chi connectivity index (χ0) is 13.1. The van der Waals surface area contributed by atoms with Crippen LogP contribution in [0.15, 0.2) is 18.2 Å². The summed E-state index contributed by atoms with van der Waals surface area (Å²) in [5.41, 5.74) is 9.84. The summed E-state index contributed by atoms with van der Waals surface area (Å²) in [5.74, 6) is 0. The third-order valence-corrected chi connectivity index (χ3v) is 3.08. The highest BCUT2D eigenvalue weighted by Crippen LogP contribution is 2.26. The fourth-order valence-electron chi connectivity index (χ4n) is 1.99. The van der Waals surface area contributed by atoms with Gasteiger partial charge in [-0.2, -0.15) is 0 Å². The van der Waals surface area contributed by atoms with Crippen molar-refractivity contribution in [2.45, 2.75) is 52.7 Å². The Morgan fingerprint density at radius 1 is 1.29 bits per heavy atom. The van der Waals surface area contributed by atoms with Gasteiger partial charge in [-0.1, -0.05) is 23.8 Å². The Labute approximate surface area is 105 Å². The maximum Gasteiger partial charge on any atom is 0.0518 e. The summed E-state index contributed by atoms with van der Waals surface area (Å²) in [6.07, 6.45) is 1.11. The molecule has 1 aromatic carbocycles. The maximum absolute atomic E-state index is 6.41. The topological polar surface area (TPSA) is 35.2 Å². The summed E-state index contributed by atoms with van der Waals surface area (Å²) >= 11 is 0. The van der Waals surface area contributed by atoms with Gasteiger partial charge in [-0.15, -0.1) is 0 Å². The van der Waals surface area contributed by atoms with E-state index in [4.69, 9.17) is 10.5 Å². The number of hydrogen-bond acceptors (Lipinski definition) is 2. The van der Waals surface area contributed by atoms with Crippen LogP contribution in [0, 0.1) is 13.8 Å². The Bertz CT molecular complexity index is 369. The van der Waals surface area contributed by atoms with Gasteiger partial charge in [0.2, 0.25) is 0 Å². The summed E-state index contributed by atoms with van der Waals surface area (Å²) in [6, 6.07) is 6.45. The minimum atomic E-state index is -0.314. The molecule has 0 aliphatic rings. The number of rotatable bonds is 5. The molecule has 0 aliphatic heterocycles. The standard InChI is InChI=1S/C15H25NO/c1-11(2)17-9-8-15(5,16)14-10-12(3)6-7-13(14)4/h6-7,10-11H,8-9,16H2,1-5H3. The molecule has 0 aliphatic carbocycles. The largest absolute Gasteiger partial charge is 0.379 e. The highest BCUT2D eigenvalue weighted by atomic mass is 16.5. The van der Waals surface area contributed by atoms with E-state index in [0.29, 0.717) is 6.61 Å². The predicted octanol–water partition coefficient (Wildman–Crippen LogP) is 3.29. The van der Waals surface area contributed by atoms with Crippen LogP contribution in [0.3, 0.4) is 0 Å². The lowest BCUT2D eigenvalue weighted by Gasteiger charge is -2.28. The van der Waals surface area contributed by atoms with Gasteiger partial charge in [0.25, 0.3) is 0 Å². The molecule has 1 rings (SSSR count). The maximum atomic E-state index is 6.41. The first-order valence-electron chi connectivity index (χ1n) is 6.31. The first-order chi connectivity index (χ1) is 7.83. The van der Waals surface area contributed by atoms with Crippen LogP contribution in [0.4, 0.5) is 0 Å². The van der Waals surface area contributed by atoms with E-state index in [1.165, 1.54) is 16.7 Å². The number of ether oxygens (including phenoxy) is 1. The quantitative estimate of drug-likeness (QED) is 0.850. The lowest BCUT2D eigenvalue weighted by atomic mass is 9.86. The van der Waals surface area contributed by atoms with Crippen molar-refractivity contribution in [1.82, 2.24) is 0 Å². The van der Waals surface area contributed by atoms with Gasteiger partial charge in [-0.05, 0) is 52.2 Å². The molecule has 0 radical (unpaired) electrons. The molecule has 1 unspecified atom stereocenters. The SMILES string of the molecule is Cc1ccc(C)c(C(C)(N)CCOC(C)C)c1. The van der Waals surface area contributed by atoms with Crippen LogP contribution in [0.5, 0.6) is 0 Å². The van der Waals surface area contributed by atoms with Crippen molar-refractivity contribution in [3.63, 3.8) is 0 Å². The van der Waals surface area contributed by atoms with E-state index in [2.05, 4.69) is 39.0 Å². The van der Waals surface area contributed by atoms with E-state index in [-0.39, 0.29) is 11.6 Å². The zero-order valence-corrected chi connectivity index (χ0v) is 11.7. The van der Waals surface area contributed by atoms with Crippen LogP contribution in [0.25, 0.3) is 0 Å². The summed E-state index contributed by atoms with van der Waals surface area (Å²) in [6.45, 7) is 11.1. The van der Waals surface area contributed by atoms with Crippen LogP contribution >= 0.6 is 0 Å². The van der Waals surface area contributed by atoms with Crippen molar-refractivity contribution in [3.8, 4) is 0 Å². The molecule has 1 aromatic rings. The fraction of sp³-hybridized carbons (Fsp3) is 0.600. The highest BCUT2D eigenvalue weighted by Gasteiger charge is 2.23. The normalized spacial score (nSPS) is 15.0. The average molecular weight is 235 g/mol. The van der Waals surface area contributed by atoms with E-state index in [1.807, 2.05) is 13.8 Å². The molecule has 0 saturated heterocycles. The summed E-state index contributed by atoms with van der Waals surface area (Å²) in [4.78, 5) is 0. The first kappa shape index (κ1) is 14.2. The van der Waals surface area contributed by atoms with E-state index in [9.17, 15) is 0 Å². The molecule has 2 N–H and O–H groups in total. The van der Waals surface area contributed by atoms with Crippen LogP contribution in [0.2, 0.25) is 0 Å². The molecule has 0 aromatic heterocycles. The molecule has 17 heavy (non-hydrogen) atoms. The second kappa shape index (κ2) is 5.65. The van der Waals surface area contributed by atoms with Gasteiger partial charge in [-0.3, -0.25) is 0 Å². The fourth-order valence-corrected chi connectivity index (χ4v) is 1.99. The lowest BCUT2D eigenvalue weighted by Crippen LogP contribution is -2.35. The lowest BCUT2D eigenvalue weighted by molar-refractivity contribution is 0.0660. The van der Waals surface area contributed by atoms with Crippen molar-refractivity contribution in [3.05, 3.63) is 34.9 Å². The second-order valence-corrected chi connectivity index (χ2v) is 5.41. The van der Waals surface area contributed by atoms with Crippen molar-refractivity contribution < 1.29 is 4.74 Å². The predicted molar refractivity (Wildman–Crippen MR) is 73.2 cm³/mol. The minimum Gasteiger partial charge on any atom is -0.379 e. The average Bonchev–Trinajstić information content (AvgIpc) is 2.20. The van der Waals surface area contributed by atoms with Gasteiger partial charge in [-0.25, -0.2) is 0 Å². The van der Waals surface area contributed by atoms with E-state index in [1.54, 1.807) is 0 Å². The molecule has 0 heterocycles. The van der Waals surface area contributed by atoms with E-state index in [0.717, 1.165) is 6.42 Å². The van der Waals surface area contributed by atoms with E-state index < -0.39 is 0 Å². The number of hydrogen-bond donors (Lipinski definition) is 1. The third kappa shape index (κ3) is 4.14. The molecule has 0 spiro atoms.